The van der Waals surface area contributed by atoms with Crippen LogP contribution in [0.3, 0.4) is 0 Å². The van der Waals surface area contributed by atoms with Crippen LogP contribution >= 0.6 is 0 Å². The van der Waals surface area contributed by atoms with E-state index in [1.54, 1.807) is 0 Å². The largest absolute Gasteiger partial charge is 1.00 e. The number of rotatable bonds is 1. The van der Waals surface area contributed by atoms with E-state index in [0.29, 0.717) is 0 Å². The van der Waals surface area contributed by atoms with Crippen LogP contribution in [0.4, 0.5) is 0 Å². The summed E-state index contributed by atoms with van der Waals surface area (Å²) in [6.07, 6.45) is 1.27. The molecule has 0 spiro atoms. The molecule has 0 unspecified atom stereocenters. The Morgan fingerprint density at radius 1 is 1.25 bits per heavy atom. The first kappa shape index (κ1) is 25.8. The maximum Gasteiger partial charge on any atom is 1.00 e. The zero-order valence-electron chi connectivity index (χ0n) is 10.2. The Bertz CT molecular complexity index is 288. The minimum Gasteiger partial charge on any atom is -0.759 e. The van der Waals surface area contributed by atoms with Crippen LogP contribution in [0.25, 0.3) is 0 Å². The molecule has 0 aromatic carbocycles. The summed E-state index contributed by atoms with van der Waals surface area (Å²) in [5, 5.41) is 2.71. The number of carbonyl (C=O) groups excluding carboxylic acids is 1. The van der Waals surface area contributed by atoms with Crippen LogP contribution in [0, 0.1) is 0 Å². The summed E-state index contributed by atoms with van der Waals surface area (Å²) >= 11 is 0. The average Bonchev–Trinajstić information content (AvgIpc) is 1.79. The fraction of sp³-hybridized carbons (Fsp3) is 0.571. The quantitative estimate of drug-likeness (QED) is 0.220. The average molecular weight is 269 g/mol. The molecule has 0 heterocycles. The minimum atomic E-state index is -5.17. The summed E-state index contributed by atoms with van der Waals surface area (Å²) in [5.74, 6) is -0.123. The number of amides is 1. The van der Waals surface area contributed by atoms with Crippen LogP contribution in [0.1, 0.15) is 20.8 Å². The van der Waals surface area contributed by atoms with Gasteiger partial charge in [-0.2, -0.15) is 0 Å². The van der Waals surface area contributed by atoms with Crippen molar-refractivity contribution in [3.8, 4) is 0 Å². The van der Waals surface area contributed by atoms with Crippen molar-refractivity contribution in [2.45, 2.75) is 26.3 Å². The van der Waals surface area contributed by atoms with Gasteiger partial charge in [0.25, 0.3) is 0 Å². The molecule has 0 saturated carbocycles. The van der Waals surface area contributed by atoms with Crippen molar-refractivity contribution in [3.63, 3.8) is 0 Å². The van der Waals surface area contributed by atoms with Gasteiger partial charge < -0.3 is 14.4 Å². The third-order valence-corrected chi connectivity index (χ3v) is 0.684. The van der Waals surface area contributed by atoms with Crippen molar-refractivity contribution in [3.05, 3.63) is 12.7 Å². The van der Waals surface area contributed by atoms with Gasteiger partial charge in [-0.3, -0.25) is 13.2 Å². The molecule has 0 fully saturated rings. The smallest absolute Gasteiger partial charge is 0.759 e. The Morgan fingerprint density at radius 2 is 1.50 bits per heavy atom. The molecule has 0 bridgehead atoms. The molecule has 0 aliphatic heterocycles. The Kier molecular flexibility index (Phi) is 18.0. The molecule has 1 N–H and O–H groups in total. The van der Waals surface area contributed by atoms with Gasteiger partial charge in [0.1, 0.15) is 0 Å². The van der Waals surface area contributed by atoms with Gasteiger partial charge in [0.2, 0.25) is 5.91 Å². The summed E-state index contributed by atoms with van der Waals surface area (Å²) in [7, 11) is -5.17. The van der Waals surface area contributed by atoms with Crippen molar-refractivity contribution in [2.24, 2.45) is 0 Å². The minimum absolute atomic E-state index is 0. The van der Waals surface area contributed by atoms with Crippen molar-refractivity contribution in [2.75, 3.05) is 0 Å². The Balaban J connectivity index is -0.0000000904. The monoisotopic (exact) mass is 269 g/mol. The molecule has 1 amide bonds. The van der Waals surface area contributed by atoms with E-state index in [9.17, 15) is 4.79 Å². The number of carbonyl (C=O) groups is 1. The maximum absolute atomic E-state index is 10.6. The summed E-state index contributed by atoms with van der Waals surface area (Å²) < 4.78 is 34.1. The predicted octanol–water partition coefficient (Wildman–Crippen LogP) is -6.24. The second-order valence-corrected chi connectivity index (χ2v) is 4.17. The first-order valence-corrected chi connectivity index (χ1v) is 4.90. The zero-order chi connectivity index (χ0) is 12.0. The van der Waals surface area contributed by atoms with Crippen molar-refractivity contribution < 1.29 is 81.4 Å². The first-order valence-electron chi connectivity index (χ1n) is 3.57. The summed E-state index contributed by atoms with van der Waals surface area (Å²) in [6.45, 7) is 9.11. The third-order valence-electron chi connectivity index (χ3n) is 0.684. The topological polar surface area (TPSA) is 109 Å². The van der Waals surface area contributed by atoms with Gasteiger partial charge in [0.05, 0.1) is 0 Å². The number of hydrogen-bond donors (Lipinski definition) is 1. The number of nitrogens with one attached hydrogen (secondary N) is 1. The van der Waals surface area contributed by atoms with Gasteiger partial charge in [-0.1, -0.05) is 6.58 Å². The molecule has 0 saturated heterocycles. The molecular formula is C7H13NNa2O5S. The van der Waals surface area contributed by atoms with Gasteiger partial charge in [-0.15, -0.1) is 0 Å². The van der Waals surface area contributed by atoms with E-state index in [1.165, 1.54) is 6.08 Å². The van der Waals surface area contributed by atoms with E-state index in [-0.39, 0.29) is 70.6 Å². The molecule has 0 aliphatic carbocycles. The Morgan fingerprint density at radius 3 is 1.56 bits per heavy atom. The van der Waals surface area contributed by atoms with Crippen LogP contribution in [0.2, 0.25) is 0 Å². The second-order valence-electron chi connectivity index (χ2n) is 3.35. The molecule has 0 aromatic rings. The Hall–Kier alpha value is 1.08. The zero-order valence-corrected chi connectivity index (χ0v) is 15.1. The van der Waals surface area contributed by atoms with E-state index in [2.05, 4.69) is 11.9 Å². The number of hydrogen-bond acceptors (Lipinski definition) is 5. The summed E-state index contributed by atoms with van der Waals surface area (Å²) in [4.78, 5) is 10.6. The van der Waals surface area contributed by atoms with Crippen LogP contribution in [0.15, 0.2) is 12.7 Å². The fourth-order valence-electron chi connectivity index (χ4n) is 0.421. The van der Waals surface area contributed by atoms with Crippen molar-refractivity contribution >= 4 is 16.3 Å². The van der Waals surface area contributed by atoms with Gasteiger partial charge in [0, 0.05) is 15.9 Å². The van der Waals surface area contributed by atoms with Gasteiger partial charge >= 0.3 is 59.1 Å². The molecule has 0 rings (SSSR count). The molecule has 0 radical (unpaired) electrons. The molecule has 0 atom stereocenters. The molecule has 0 aliphatic rings. The third kappa shape index (κ3) is 45.8. The van der Waals surface area contributed by atoms with E-state index in [1.807, 2.05) is 20.8 Å². The van der Waals surface area contributed by atoms with E-state index >= 15 is 0 Å². The van der Waals surface area contributed by atoms with Gasteiger partial charge in [-0.25, -0.2) is 0 Å². The van der Waals surface area contributed by atoms with Crippen molar-refractivity contribution in [1.29, 1.82) is 0 Å². The fourth-order valence-corrected chi connectivity index (χ4v) is 0.421. The molecule has 84 valence electrons. The van der Waals surface area contributed by atoms with Crippen molar-refractivity contribution in [1.82, 2.24) is 5.32 Å². The van der Waals surface area contributed by atoms with Crippen LogP contribution in [0.5, 0.6) is 0 Å². The SMILES string of the molecule is C=CC(=O)NC(C)(C)C.O=S(=O)([O-])[O-].[Na+].[Na+]. The van der Waals surface area contributed by atoms with Crippen LogP contribution in [-0.2, 0) is 15.2 Å². The van der Waals surface area contributed by atoms with Crippen LogP contribution in [-0.4, -0.2) is 29.0 Å². The first-order chi connectivity index (χ1) is 5.95. The van der Waals surface area contributed by atoms with Gasteiger partial charge in [0.15, 0.2) is 0 Å². The van der Waals surface area contributed by atoms with E-state index in [4.69, 9.17) is 17.5 Å². The summed E-state index contributed by atoms with van der Waals surface area (Å²) in [6, 6.07) is 0. The molecule has 9 heteroatoms. The normalized spacial score (nSPS) is 9.56. The summed E-state index contributed by atoms with van der Waals surface area (Å²) in [5.41, 5.74) is -0.148. The van der Waals surface area contributed by atoms with Crippen LogP contribution < -0.4 is 64.4 Å². The standard InChI is InChI=1S/C7H13NO.2Na.H2O4S/c1-5-6(9)8-7(2,3)4;;;1-5(2,3)4/h5H,1H2,2-4H3,(H,8,9);;;(H2,1,2,3,4)/q;2*+1;/p-2. The van der Waals surface area contributed by atoms with E-state index < -0.39 is 10.4 Å². The second kappa shape index (κ2) is 11.2. The van der Waals surface area contributed by atoms with E-state index in [0.717, 1.165) is 0 Å². The molecule has 6 nitrogen and oxygen atoms in total. The van der Waals surface area contributed by atoms with Gasteiger partial charge in [-0.05, 0) is 26.8 Å². The Labute approximate surface area is 140 Å². The molecule has 16 heavy (non-hydrogen) atoms. The molecule has 0 aromatic heterocycles. The predicted molar refractivity (Wildman–Crippen MR) is 48.6 cm³/mol. The maximum atomic E-state index is 10.6. The molecular weight excluding hydrogens is 256 g/mol.